The molecule has 0 aromatic rings. The Bertz CT molecular complexity index is 486. The smallest absolute Gasteiger partial charge is 0.307 e. The summed E-state index contributed by atoms with van der Waals surface area (Å²) >= 11 is 1.71. The van der Waals surface area contributed by atoms with Crippen molar-refractivity contribution in [3.63, 3.8) is 0 Å². The van der Waals surface area contributed by atoms with E-state index in [1.54, 1.807) is 32.5 Å². The topological polar surface area (TPSA) is 113 Å². The van der Waals surface area contributed by atoms with Gasteiger partial charge in [0, 0.05) is 0 Å². The van der Waals surface area contributed by atoms with Crippen LogP contribution in [0.15, 0.2) is 0 Å². The summed E-state index contributed by atoms with van der Waals surface area (Å²) in [5.74, 6) is 0.937. The van der Waals surface area contributed by atoms with Crippen molar-refractivity contribution in [2.75, 3.05) is 11.5 Å². The van der Waals surface area contributed by atoms with Crippen LogP contribution in [0.3, 0.4) is 0 Å². The highest BCUT2D eigenvalue weighted by Gasteiger charge is 2.25. The Morgan fingerprint density at radius 1 is 1.24 bits per heavy atom. The van der Waals surface area contributed by atoms with Gasteiger partial charge in [-0.3, -0.25) is 15.0 Å². The average Bonchev–Trinajstić information content (AvgIpc) is 2.60. The van der Waals surface area contributed by atoms with Crippen molar-refractivity contribution in [1.82, 2.24) is 0 Å². The minimum absolute atomic E-state index is 0.0166. The van der Waals surface area contributed by atoms with E-state index in [1.165, 1.54) is 32.1 Å². The molecule has 0 amide bonds. The van der Waals surface area contributed by atoms with Crippen LogP contribution in [0, 0.1) is 17.2 Å². The predicted molar refractivity (Wildman–Crippen MR) is 122 cm³/mol. The first kappa shape index (κ1) is 27.8. The molecule has 1 saturated carbocycles. The maximum absolute atomic E-state index is 11.8. The number of esters is 1. The Kier molecular flexibility index (Phi) is 14.9. The van der Waals surface area contributed by atoms with Gasteiger partial charge < -0.3 is 15.6 Å². The maximum Gasteiger partial charge on any atom is 0.307 e. The third kappa shape index (κ3) is 17.3. The molecule has 0 aliphatic heterocycles. The summed E-state index contributed by atoms with van der Waals surface area (Å²) in [6, 6.07) is 0. The number of carbonyl (C=O) groups is 2. The molecule has 0 bridgehead atoms. The Morgan fingerprint density at radius 2 is 1.86 bits per heavy atom. The number of nitrogens with two attached hydrogens (primary N) is 1. The van der Waals surface area contributed by atoms with E-state index in [0.29, 0.717) is 12.2 Å². The molecule has 0 heterocycles. The summed E-state index contributed by atoms with van der Waals surface area (Å²) in [6.07, 6.45) is 10.2. The molecule has 0 radical (unpaired) electrons. The molecule has 7 heteroatoms. The van der Waals surface area contributed by atoms with E-state index in [4.69, 9.17) is 15.9 Å². The summed E-state index contributed by atoms with van der Waals surface area (Å²) < 4.78 is 5.21. The van der Waals surface area contributed by atoms with Gasteiger partial charge in [-0.15, -0.1) is 0 Å². The second kappa shape index (κ2) is 15.6. The number of nitrogens with one attached hydrogen (secondary N) is 1. The molecular formula is C22H42N2O4S. The van der Waals surface area contributed by atoms with E-state index in [2.05, 4.69) is 6.92 Å². The summed E-state index contributed by atoms with van der Waals surface area (Å²) in [5, 5.41) is 16.1. The highest BCUT2D eigenvalue weighted by Crippen LogP contribution is 2.29. The van der Waals surface area contributed by atoms with Crippen molar-refractivity contribution in [3.05, 3.63) is 0 Å². The lowest BCUT2D eigenvalue weighted by atomic mass is 9.84. The van der Waals surface area contributed by atoms with Gasteiger partial charge in [-0.25, -0.2) is 0 Å². The van der Waals surface area contributed by atoms with Crippen LogP contribution < -0.4 is 5.73 Å². The van der Waals surface area contributed by atoms with Crippen molar-refractivity contribution in [3.8, 4) is 0 Å². The number of carboxylic acid groups (broad SMARTS) is 1. The van der Waals surface area contributed by atoms with Gasteiger partial charge in [0.05, 0.1) is 18.1 Å². The number of thioether (sulfide) groups is 1. The number of ether oxygens (including phenoxy) is 1. The zero-order valence-corrected chi connectivity index (χ0v) is 19.6. The maximum atomic E-state index is 11.8. The quantitative estimate of drug-likeness (QED) is 0.179. The van der Waals surface area contributed by atoms with Crippen LogP contribution in [0.25, 0.3) is 0 Å². The van der Waals surface area contributed by atoms with Crippen molar-refractivity contribution in [2.24, 2.45) is 17.6 Å². The molecular weight excluding hydrogens is 388 g/mol. The first-order chi connectivity index (χ1) is 13.5. The van der Waals surface area contributed by atoms with Gasteiger partial charge in [0.25, 0.3) is 0 Å². The number of amidine groups is 1. The van der Waals surface area contributed by atoms with Crippen LogP contribution in [0.2, 0.25) is 0 Å². The SMILES string of the molecule is CC(C)(C)OC(=O)CC(CCCC1CCCCC1)C(=O)O.CCCSCC(=N)N. The fourth-order valence-corrected chi connectivity index (χ4v) is 4.01. The Labute approximate surface area is 181 Å². The largest absolute Gasteiger partial charge is 0.481 e. The fraction of sp³-hybridized carbons (Fsp3) is 0.864. The molecule has 0 aromatic carbocycles. The van der Waals surface area contributed by atoms with Crippen molar-refractivity contribution in [1.29, 1.82) is 5.41 Å². The Morgan fingerprint density at radius 3 is 2.34 bits per heavy atom. The summed E-state index contributed by atoms with van der Waals surface area (Å²) in [4.78, 5) is 23.0. The molecule has 6 nitrogen and oxygen atoms in total. The second-order valence-electron chi connectivity index (χ2n) is 8.84. The van der Waals surface area contributed by atoms with Gasteiger partial charge in [0.2, 0.25) is 0 Å². The number of rotatable bonds is 11. The molecule has 1 aliphatic carbocycles. The van der Waals surface area contributed by atoms with Gasteiger partial charge in [-0.2, -0.15) is 11.8 Å². The van der Waals surface area contributed by atoms with Crippen LogP contribution in [0.5, 0.6) is 0 Å². The Hall–Kier alpha value is -1.24. The normalized spacial score (nSPS) is 15.7. The molecule has 0 spiro atoms. The van der Waals surface area contributed by atoms with E-state index < -0.39 is 23.5 Å². The summed E-state index contributed by atoms with van der Waals surface area (Å²) in [5.41, 5.74) is 4.54. The summed E-state index contributed by atoms with van der Waals surface area (Å²) in [6.45, 7) is 7.50. The van der Waals surface area contributed by atoms with Crippen LogP contribution in [0.4, 0.5) is 0 Å². The van der Waals surface area contributed by atoms with E-state index in [-0.39, 0.29) is 12.3 Å². The first-order valence-electron chi connectivity index (χ1n) is 10.9. The zero-order chi connectivity index (χ0) is 22.3. The first-order valence-corrected chi connectivity index (χ1v) is 12.1. The van der Waals surface area contributed by atoms with Gasteiger partial charge >= 0.3 is 11.9 Å². The third-order valence-corrected chi connectivity index (χ3v) is 5.89. The van der Waals surface area contributed by atoms with Gasteiger partial charge in [-0.05, 0) is 45.3 Å². The number of hydrogen-bond donors (Lipinski definition) is 3. The van der Waals surface area contributed by atoms with Crippen molar-refractivity contribution in [2.45, 2.75) is 97.5 Å². The van der Waals surface area contributed by atoms with Crippen LogP contribution >= 0.6 is 11.8 Å². The zero-order valence-electron chi connectivity index (χ0n) is 18.8. The van der Waals surface area contributed by atoms with E-state index in [1.807, 2.05) is 0 Å². The molecule has 1 rings (SSSR count). The van der Waals surface area contributed by atoms with Gasteiger partial charge in [0.1, 0.15) is 11.4 Å². The molecule has 4 N–H and O–H groups in total. The molecule has 1 unspecified atom stereocenters. The van der Waals surface area contributed by atoms with Crippen LogP contribution in [-0.4, -0.2) is 40.0 Å². The monoisotopic (exact) mass is 430 g/mol. The van der Waals surface area contributed by atoms with Crippen LogP contribution in [-0.2, 0) is 14.3 Å². The third-order valence-electron chi connectivity index (χ3n) is 4.68. The number of carboxylic acids is 1. The molecule has 170 valence electrons. The molecule has 1 atom stereocenters. The molecule has 1 aliphatic rings. The number of aliphatic carboxylic acids is 1. The van der Waals surface area contributed by atoms with E-state index in [9.17, 15) is 14.7 Å². The second-order valence-corrected chi connectivity index (χ2v) is 9.94. The molecule has 0 aromatic heterocycles. The average molecular weight is 431 g/mol. The van der Waals surface area contributed by atoms with Crippen LogP contribution in [0.1, 0.15) is 91.9 Å². The highest BCUT2D eigenvalue weighted by atomic mass is 32.2. The number of carbonyl (C=O) groups excluding carboxylic acids is 1. The molecule has 0 saturated heterocycles. The molecule has 1 fully saturated rings. The number of hydrogen-bond acceptors (Lipinski definition) is 5. The lowest BCUT2D eigenvalue weighted by molar-refractivity contribution is -0.160. The standard InChI is InChI=1S/C17H30O4.C5H12N2S/c1-17(2,3)21-15(18)12-14(16(19)20)11-7-10-13-8-5-4-6-9-13;1-2-3-8-4-5(6)7/h13-14H,4-12H2,1-3H3,(H,19,20);2-4H2,1H3,(H3,6,7). The lowest BCUT2D eigenvalue weighted by Gasteiger charge is -2.23. The van der Waals surface area contributed by atoms with Gasteiger partial charge in [-0.1, -0.05) is 51.9 Å². The van der Waals surface area contributed by atoms with Crippen molar-refractivity contribution < 1.29 is 19.4 Å². The van der Waals surface area contributed by atoms with E-state index in [0.717, 1.165) is 30.9 Å². The van der Waals surface area contributed by atoms with Gasteiger partial charge in [0.15, 0.2) is 0 Å². The molecule has 29 heavy (non-hydrogen) atoms. The minimum atomic E-state index is -0.885. The fourth-order valence-electron chi connectivity index (χ4n) is 3.35. The Balaban J connectivity index is 0.000000828. The minimum Gasteiger partial charge on any atom is -0.481 e. The summed E-state index contributed by atoms with van der Waals surface area (Å²) in [7, 11) is 0. The lowest BCUT2D eigenvalue weighted by Crippen LogP contribution is -2.27. The van der Waals surface area contributed by atoms with E-state index >= 15 is 0 Å². The van der Waals surface area contributed by atoms with Crippen molar-refractivity contribution >= 4 is 29.5 Å². The predicted octanol–water partition coefficient (Wildman–Crippen LogP) is 5.24. The highest BCUT2D eigenvalue weighted by molar-refractivity contribution is 7.99.